The van der Waals surface area contributed by atoms with E-state index in [0.29, 0.717) is 0 Å². The SMILES string of the molecule is CCc1ccc(CCN(C)C(C)CS(C)(=O)=O)cc1. The monoisotopic (exact) mass is 283 g/mol. The van der Waals surface area contributed by atoms with Crippen molar-refractivity contribution < 1.29 is 8.42 Å². The number of nitrogens with zero attached hydrogens (tertiary/aromatic N) is 1. The first kappa shape index (κ1) is 16.2. The fourth-order valence-electron chi connectivity index (χ4n) is 2.03. The van der Waals surface area contributed by atoms with Gasteiger partial charge in [0.05, 0.1) is 5.75 Å². The van der Waals surface area contributed by atoms with Crippen LogP contribution in [0.15, 0.2) is 24.3 Å². The van der Waals surface area contributed by atoms with Crippen molar-refractivity contribution in [2.75, 3.05) is 25.6 Å². The molecule has 0 heterocycles. The predicted octanol–water partition coefficient (Wildman–Crippen LogP) is 2.16. The lowest BCUT2D eigenvalue weighted by atomic mass is 10.1. The number of hydrogen-bond donors (Lipinski definition) is 0. The Kier molecular flexibility index (Phi) is 6.01. The molecule has 0 N–H and O–H groups in total. The molecule has 0 aromatic heterocycles. The van der Waals surface area contributed by atoms with Gasteiger partial charge in [0.2, 0.25) is 0 Å². The highest BCUT2D eigenvalue weighted by molar-refractivity contribution is 7.90. The van der Waals surface area contributed by atoms with Crippen LogP contribution in [0.1, 0.15) is 25.0 Å². The molecule has 0 amide bonds. The molecule has 1 atom stereocenters. The summed E-state index contributed by atoms with van der Waals surface area (Å²) in [5, 5.41) is 0. The first-order chi connectivity index (χ1) is 8.81. The Hall–Kier alpha value is -0.870. The summed E-state index contributed by atoms with van der Waals surface area (Å²) in [6.45, 7) is 4.99. The second-order valence-corrected chi connectivity index (χ2v) is 7.53. The summed E-state index contributed by atoms with van der Waals surface area (Å²) in [5.41, 5.74) is 2.65. The molecule has 1 rings (SSSR count). The van der Waals surface area contributed by atoms with Crippen LogP contribution in [0.5, 0.6) is 0 Å². The van der Waals surface area contributed by atoms with E-state index in [1.807, 2.05) is 14.0 Å². The maximum atomic E-state index is 11.3. The van der Waals surface area contributed by atoms with Crippen LogP contribution in [-0.4, -0.2) is 45.0 Å². The molecule has 4 heteroatoms. The predicted molar refractivity (Wildman–Crippen MR) is 81.3 cm³/mol. The summed E-state index contributed by atoms with van der Waals surface area (Å²) in [4.78, 5) is 2.11. The zero-order valence-corrected chi connectivity index (χ0v) is 13.2. The van der Waals surface area contributed by atoms with E-state index in [1.54, 1.807) is 0 Å². The van der Waals surface area contributed by atoms with Crippen molar-refractivity contribution in [3.05, 3.63) is 35.4 Å². The molecule has 1 aromatic carbocycles. The Bertz CT molecular complexity index is 479. The third kappa shape index (κ3) is 6.21. The first-order valence-electron chi connectivity index (χ1n) is 6.77. The van der Waals surface area contributed by atoms with Gasteiger partial charge in [-0.2, -0.15) is 0 Å². The fraction of sp³-hybridized carbons (Fsp3) is 0.600. The second kappa shape index (κ2) is 7.06. The van der Waals surface area contributed by atoms with Crippen LogP contribution in [0.2, 0.25) is 0 Å². The van der Waals surface area contributed by atoms with Crippen LogP contribution in [0.4, 0.5) is 0 Å². The molecule has 3 nitrogen and oxygen atoms in total. The van der Waals surface area contributed by atoms with Crippen LogP contribution in [0, 0.1) is 0 Å². The molecule has 0 spiro atoms. The molecule has 0 aliphatic rings. The summed E-state index contributed by atoms with van der Waals surface area (Å²) in [6, 6.07) is 8.71. The molecule has 0 saturated carbocycles. The van der Waals surface area contributed by atoms with Gasteiger partial charge in [0.1, 0.15) is 9.84 Å². The summed E-state index contributed by atoms with van der Waals surface area (Å²) < 4.78 is 22.5. The van der Waals surface area contributed by atoms with Gasteiger partial charge in [0, 0.05) is 18.8 Å². The van der Waals surface area contributed by atoms with Gasteiger partial charge < -0.3 is 4.90 Å². The normalized spacial score (nSPS) is 13.7. The van der Waals surface area contributed by atoms with Crippen molar-refractivity contribution in [3.63, 3.8) is 0 Å². The maximum absolute atomic E-state index is 11.3. The van der Waals surface area contributed by atoms with Crippen molar-refractivity contribution in [3.8, 4) is 0 Å². The maximum Gasteiger partial charge on any atom is 0.148 e. The van der Waals surface area contributed by atoms with Gasteiger partial charge in [-0.05, 0) is 37.9 Å². The van der Waals surface area contributed by atoms with Crippen molar-refractivity contribution in [1.82, 2.24) is 4.90 Å². The molecule has 108 valence electrons. The van der Waals surface area contributed by atoms with Gasteiger partial charge in [-0.15, -0.1) is 0 Å². The highest BCUT2D eigenvalue weighted by Crippen LogP contribution is 2.07. The quantitative estimate of drug-likeness (QED) is 0.769. The van der Waals surface area contributed by atoms with E-state index in [0.717, 1.165) is 19.4 Å². The van der Waals surface area contributed by atoms with Crippen LogP contribution >= 0.6 is 0 Å². The number of benzene rings is 1. The lowest BCUT2D eigenvalue weighted by Crippen LogP contribution is -2.36. The van der Waals surface area contributed by atoms with Crippen LogP contribution < -0.4 is 0 Å². The molecule has 1 aromatic rings. The second-order valence-electron chi connectivity index (χ2n) is 5.34. The Balaban J connectivity index is 2.46. The number of sulfone groups is 1. The average molecular weight is 283 g/mol. The molecular formula is C15H25NO2S. The molecule has 0 fully saturated rings. The number of hydrogen-bond acceptors (Lipinski definition) is 3. The molecule has 0 aliphatic carbocycles. The van der Waals surface area contributed by atoms with E-state index in [-0.39, 0.29) is 11.8 Å². The zero-order valence-electron chi connectivity index (χ0n) is 12.4. The standard InChI is InChI=1S/C15H25NO2S/c1-5-14-6-8-15(9-7-14)10-11-16(3)13(2)12-19(4,17)18/h6-9,13H,5,10-12H2,1-4H3. The van der Waals surface area contributed by atoms with E-state index in [1.165, 1.54) is 17.4 Å². The lowest BCUT2D eigenvalue weighted by molar-refractivity contribution is 0.279. The largest absolute Gasteiger partial charge is 0.302 e. The highest BCUT2D eigenvalue weighted by atomic mass is 32.2. The van der Waals surface area contributed by atoms with Gasteiger partial charge in [0.25, 0.3) is 0 Å². The Morgan fingerprint density at radius 1 is 1.16 bits per heavy atom. The average Bonchev–Trinajstić information content (AvgIpc) is 2.34. The third-order valence-electron chi connectivity index (χ3n) is 3.48. The van der Waals surface area contributed by atoms with Crippen molar-refractivity contribution in [1.29, 1.82) is 0 Å². The molecule has 0 bridgehead atoms. The van der Waals surface area contributed by atoms with E-state index in [9.17, 15) is 8.42 Å². The molecule has 19 heavy (non-hydrogen) atoms. The lowest BCUT2D eigenvalue weighted by Gasteiger charge is -2.23. The van der Waals surface area contributed by atoms with E-state index in [2.05, 4.69) is 36.1 Å². The smallest absolute Gasteiger partial charge is 0.148 e. The van der Waals surface area contributed by atoms with Gasteiger partial charge in [-0.25, -0.2) is 8.42 Å². The summed E-state index contributed by atoms with van der Waals surface area (Å²) in [7, 11) is -0.920. The molecule has 0 aliphatic heterocycles. The molecule has 0 radical (unpaired) electrons. The minimum Gasteiger partial charge on any atom is -0.302 e. The van der Waals surface area contributed by atoms with E-state index < -0.39 is 9.84 Å². The van der Waals surface area contributed by atoms with E-state index in [4.69, 9.17) is 0 Å². The van der Waals surface area contributed by atoms with Crippen LogP contribution in [0.25, 0.3) is 0 Å². The minimum atomic E-state index is -2.90. The van der Waals surface area contributed by atoms with Crippen LogP contribution in [0.3, 0.4) is 0 Å². The number of rotatable bonds is 7. The third-order valence-corrected chi connectivity index (χ3v) is 4.57. The summed E-state index contributed by atoms with van der Waals surface area (Å²) in [5.74, 6) is 0.221. The number of likely N-dealkylation sites (N-methyl/N-ethyl adjacent to an activating group) is 1. The van der Waals surface area contributed by atoms with E-state index >= 15 is 0 Å². The topological polar surface area (TPSA) is 37.4 Å². The van der Waals surface area contributed by atoms with Gasteiger partial charge in [-0.3, -0.25) is 0 Å². The minimum absolute atomic E-state index is 0.0601. The highest BCUT2D eigenvalue weighted by Gasteiger charge is 2.14. The molecule has 0 saturated heterocycles. The Morgan fingerprint density at radius 2 is 1.68 bits per heavy atom. The molecular weight excluding hydrogens is 258 g/mol. The zero-order chi connectivity index (χ0) is 14.5. The van der Waals surface area contributed by atoms with Crippen LogP contribution in [-0.2, 0) is 22.7 Å². The number of aryl methyl sites for hydroxylation is 1. The summed E-state index contributed by atoms with van der Waals surface area (Å²) in [6.07, 6.45) is 3.31. The van der Waals surface area contributed by atoms with Gasteiger partial charge >= 0.3 is 0 Å². The van der Waals surface area contributed by atoms with Gasteiger partial charge in [-0.1, -0.05) is 31.2 Å². The Labute approximate surface area is 117 Å². The van der Waals surface area contributed by atoms with Crippen molar-refractivity contribution >= 4 is 9.84 Å². The Morgan fingerprint density at radius 3 is 2.16 bits per heavy atom. The fourth-order valence-corrected chi connectivity index (χ4v) is 3.16. The van der Waals surface area contributed by atoms with Crippen molar-refractivity contribution in [2.45, 2.75) is 32.7 Å². The summed E-state index contributed by atoms with van der Waals surface area (Å²) >= 11 is 0. The molecule has 1 unspecified atom stereocenters. The van der Waals surface area contributed by atoms with Crippen molar-refractivity contribution in [2.24, 2.45) is 0 Å². The first-order valence-corrected chi connectivity index (χ1v) is 8.83. The van der Waals surface area contributed by atoms with Gasteiger partial charge in [0.15, 0.2) is 0 Å².